The zero-order chi connectivity index (χ0) is 15.4. The van der Waals surface area contributed by atoms with E-state index in [-0.39, 0.29) is 5.91 Å². The van der Waals surface area contributed by atoms with Crippen LogP contribution in [0.4, 0.5) is 5.00 Å². The van der Waals surface area contributed by atoms with E-state index in [1.807, 2.05) is 0 Å². The Morgan fingerprint density at radius 3 is 2.62 bits per heavy atom. The van der Waals surface area contributed by atoms with E-state index in [0.717, 1.165) is 30.0 Å². The Labute approximate surface area is 128 Å². The van der Waals surface area contributed by atoms with E-state index in [9.17, 15) is 9.59 Å². The minimum absolute atomic E-state index is 0.198. The van der Waals surface area contributed by atoms with E-state index >= 15 is 0 Å². The van der Waals surface area contributed by atoms with Crippen molar-refractivity contribution < 1.29 is 19.2 Å². The van der Waals surface area contributed by atoms with Crippen LogP contribution in [-0.4, -0.2) is 38.6 Å². The van der Waals surface area contributed by atoms with E-state index < -0.39 is 5.97 Å². The molecule has 1 amide bonds. The molecule has 7 heteroatoms. The van der Waals surface area contributed by atoms with Gasteiger partial charge in [-0.3, -0.25) is 4.79 Å². The Balaban J connectivity index is 2.39. The molecule has 2 rings (SSSR count). The number of thiophene rings is 1. The third-order valence-corrected chi connectivity index (χ3v) is 4.74. The fourth-order valence-corrected chi connectivity index (χ4v) is 3.70. The van der Waals surface area contributed by atoms with Crippen LogP contribution in [0.3, 0.4) is 0 Å². The van der Waals surface area contributed by atoms with Gasteiger partial charge >= 0.3 is 5.97 Å². The number of hydrogen-bond donors (Lipinski definition) is 3. The second-order valence-corrected chi connectivity index (χ2v) is 6.13. The quantitative estimate of drug-likeness (QED) is 0.670. The molecule has 1 aliphatic heterocycles. The maximum atomic E-state index is 12.1. The molecular formula is C14H22N3O3S+. The third kappa shape index (κ3) is 3.36. The molecule has 1 aromatic rings. The molecule has 0 radical (unpaired) electrons. The van der Waals surface area contributed by atoms with Crippen molar-refractivity contribution in [1.29, 1.82) is 0 Å². The van der Waals surface area contributed by atoms with E-state index in [1.54, 1.807) is 14.0 Å². The average Bonchev–Trinajstić information content (AvgIpc) is 3.07. The monoisotopic (exact) mass is 312 g/mol. The maximum Gasteiger partial charge on any atom is 0.341 e. The number of quaternary nitrogens is 1. The summed E-state index contributed by atoms with van der Waals surface area (Å²) in [6.07, 6.45) is 2.36. The largest absolute Gasteiger partial charge is 0.462 e. The minimum atomic E-state index is -0.435. The highest BCUT2D eigenvalue weighted by atomic mass is 32.1. The Kier molecular flexibility index (Phi) is 5.19. The number of amides is 1. The number of anilines is 1. The molecule has 2 heterocycles. The van der Waals surface area contributed by atoms with Gasteiger partial charge in [0.2, 0.25) is 0 Å². The molecule has 116 valence electrons. The van der Waals surface area contributed by atoms with Crippen molar-refractivity contribution >= 4 is 28.2 Å². The van der Waals surface area contributed by atoms with Gasteiger partial charge < -0.3 is 20.7 Å². The first-order chi connectivity index (χ1) is 10.1. The van der Waals surface area contributed by atoms with Gasteiger partial charge in [-0.1, -0.05) is 0 Å². The average molecular weight is 312 g/mol. The number of nitrogen functional groups attached to an aromatic ring is 1. The predicted octanol–water partition coefficient (Wildman–Crippen LogP) is 0.0453. The van der Waals surface area contributed by atoms with Gasteiger partial charge in [0.05, 0.1) is 19.7 Å². The van der Waals surface area contributed by atoms with Gasteiger partial charge in [-0.25, -0.2) is 4.79 Å². The lowest BCUT2D eigenvalue weighted by Gasteiger charge is -2.13. The number of likely N-dealkylation sites (tertiary alicyclic amines) is 1. The number of rotatable bonds is 5. The highest BCUT2D eigenvalue weighted by Crippen LogP contribution is 2.31. The summed E-state index contributed by atoms with van der Waals surface area (Å²) in [4.78, 5) is 26.1. The van der Waals surface area contributed by atoms with Crippen LogP contribution in [0, 0.1) is 0 Å². The zero-order valence-electron chi connectivity index (χ0n) is 12.5. The summed E-state index contributed by atoms with van der Waals surface area (Å²) >= 11 is 1.16. The molecule has 0 bridgehead atoms. The van der Waals surface area contributed by atoms with E-state index in [4.69, 9.17) is 10.5 Å². The van der Waals surface area contributed by atoms with Crippen LogP contribution < -0.4 is 16.0 Å². The summed E-state index contributed by atoms with van der Waals surface area (Å²) in [5, 5.41) is 2.97. The number of nitrogens with one attached hydrogen (secondary N) is 2. The van der Waals surface area contributed by atoms with Gasteiger partial charge in [0.1, 0.15) is 22.0 Å². The third-order valence-electron chi connectivity index (χ3n) is 3.68. The van der Waals surface area contributed by atoms with Crippen molar-refractivity contribution in [2.75, 3.05) is 32.5 Å². The Morgan fingerprint density at radius 2 is 2.05 bits per heavy atom. The molecule has 0 atom stereocenters. The summed E-state index contributed by atoms with van der Waals surface area (Å²) in [6, 6.07) is 0. The Bertz CT molecular complexity index is 536. The van der Waals surface area contributed by atoms with Gasteiger partial charge in [0, 0.05) is 25.5 Å². The number of carbonyl (C=O) groups excluding carboxylic acids is 2. The highest BCUT2D eigenvalue weighted by molar-refractivity contribution is 7.18. The lowest BCUT2D eigenvalue weighted by atomic mass is 10.1. The molecule has 1 saturated heterocycles. The summed E-state index contributed by atoms with van der Waals surface area (Å²) in [5.74, 6) is -0.633. The molecule has 1 fully saturated rings. The van der Waals surface area contributed by atoms with E-state index in [2.05, 4.69) is 5.32 Å². The standard InChI is InChI=1S/C14H21N3O3S/c1-3-20-14(19)10-9(8-17-6-4-5-7-17)11(13(18)16-2)21-12(10)15/h3-8,15H2,1-2H3,(H,16,18)/p+1. The second-order valence-electron chi connectivity index (χ2n) is 5.08. The number of esters is 1. The van der Waals surface area contributed by atoms with Gasteiger partial charge in [0.25, 0.3) is 5.91 Å². The molecule has 1 aromatic heterocycles. The number of ether oxygens (including phenoxy) is 1. The fraction of sp³-hybridized carbons (Fsp3) is 0.571. The lowest BCUT2D eigenvalue weighted by molar-refractivity contribution is -0.901. The summed E-state index contributed by atoms with van der Waals surface area (Å²) in [7, 11) is 1.58. The van der Waals surface area contributed by atoms with Crippen molar-refractivity contribution in [2.24, 2.45) is 0 Å². The maximum absolute atomic E-state index is 12.1. The van der Waals surface area contributed by atoms with Crippen LogP contribution in [0.15, 0.2) is 0 Å². The van der Waals surface area contributed by atoms with Crippen LogP contribution in [0.5, 0.6) is 0 Å². The van der Waals surface area contributed by atoms with Gasteiger partial charge in [-0.15, -0.1) is 11.3 Å². The van der Waals surface area contributed by atoms with Crippen molar-refractivity contribution in [3.05, 3.63) is 16.0 Å². The lowest BCUT2D eigenvalue weighted by Crippen LogP contribution is -3.08. The highest BCUT2D eigenvalue weighted by Gasteiger charge is 2.30. The molecular weight excluding hydrogens is 290 g/mol. The fourth-order valence-electron chi connectivity index (χ4n) is 2.68. The van der Waals surface area contributed by atoms with Gasteiger partial charge in [0.15, 0.2) is 0 Å². The summed E-state index contributed by atoms with van der Waals surface area (Å²) in [6.45, 7) is 4.81. The molecule has 1 aliphatic rings. The Hall–Kier alpha value is -1.60. The van der Waals surface area contributed by atoms with Crippen LogP contribution >= 0.6 is 11.3 Å². The molecule has 0 unspecified atom stereocenters. The van der Waals surface area contributed by atoms with Crippen LogP contribution in [0.25, 0.3) is 0 Å². The van der Waals surface area contributed by atoms with Crippen LogP contribution in [0.2, 0.25) is 0 Å². The smallest absolute Gasteiger partial charge is 0.341 e. The summed E-state index contributed by atoms with van der Waals surface area (Å²) in [5.41, 5.74) is 7.07. The number of carbonyl (C=O) groups is 2. The minimum Gasteiger partial charge on any atom is -0.462 e. The second kappa shape index (κ2) is 6.91. The zero-order valence-corrected chi connectivity index (χ0v) is 13.3. The molecule has 6 nitrogen and oxygen atoms in total. The first-order valence-electron chi connectivity index (χ1n) is 7.22. The first kappa shape index (κ1) is 15.8. The van der Waals surface area contributed by atoms with Crippen molar-refractivity contribution in [1.82, 2.24) is 5.32 Å². The molecule has 0 aliphatic carbocycles. The molecule has 4 N–H and O–H groups in total. The molecule has 0 aromatic carbocycles. The van der Waals surface area contributed by atoms with Crippen LogP contribution in [0.1, 0.15) is 45.4 Å². The van der Waals surface area contributed by atoms with E-state index in [0.29, 0.717) is 28.6 Å². The van der Waals surface area contributed by atoms with Gasteiger partial charge in [-0.05, 0) is 6.92 Å². The SMILES string of the molecule is CCOC(=O)c1c(N)sc(C(=O)NC)c1C[NH+]1CCCC1. The van der Waals surface area contributed by atoms with Crippen LogP contribution in [-0.2, 0) is 11.3 Å². The van der Waals surface area contributed by atoms with Crippen molar-refractivity contribution in [3.8, 4) is 0 Å². The number of nitrogens with two attached hydrogens (primary N) is 1. The normalized spacial score (nSPS) is 15.1. The van der Waals surface area contributed by atoms with E-state index in [1.165, 1.54) is 17.7 Å². The topological polar surface area (TPSA) is 85.9 Å². The molecule has 0 spiro atoms. The van der Waals surface area contributed by atoms with Crippen molar-refractivity contribution in [3.63, 3.8) is 0 Å². The first-order valence-corrected chi connectivity index (χ1v) is 8.04. The molecule has 21 heavy (non-hydrogen) atoms. The van der Waals surface area contributed by atoms with Gasteiger partial charge in [-0.2, -0.15) is 0 Å². The van der Waals surface area contributed by atoms with Crippen molar-refractivity contribution in [2.45, 2.75) is 26.3 Å². The predicted molar refractivity (Wildman–Crippen MR) is 81.7 cm³/mol. The Morgan fingerprint density at radius 1 is 1.38 bits per heavy atom. The number of hydrogen-bond acceptors (Lipinski definition) is 5. The molecule has 0 saturated carbocycles. The summed E-state index contributed by atoms with van der Waals surface area (Å²) < 4.78 is 5.09.